The van der Waals surface area contributed by atoms with Crippen LogP contribution in [0.25, 0.3) is 6.08 Å². The SMILES string of the molecule is CCOc1cc(C)c(/C=C2/NC(=O)N(CC(=O)[O-])C2=O)cc1OCC. The molecule has 25 heavy (non-hydrogen) atoms. The number of hydrogen-bond acceptors (Lipinski definition) is 6. The smallest absolute Gasteiger partial charge is 0.329 e. The van der Waals surface area contributed by atoms with Gasteiger partial charge in [0.15, 0.2) is 11.5 Å². The molecule has 0 spiro atoms. The Bertz CT molecular complexity index is 741. The fourth-order valence-electron chi connectivity index (χ4n) is 2.37. The van der Waals surface area contributed by atoms with Crippen LogP contribution in [0.4, 0.5) is 4.79 Å². The number of aliphatic carboxylic acids is 1. The molecule has 8 nitrogen and oxygen atoms in total. The lowest BCUT2D eigenvalue weighted by molar-refractivity contribution is -0.305. The molecule has 134 valence electrons. The summed E-state index contributed by atoms with van der Waals surface area (Å²) in [6.07, 6.45) is 1.48. The van der Waals surface area contributed by atoms with Crippen LogP contribution in [-0.2, 0) is 9.59 Å². The van der Waals surface area contributed by atoms with Crippen molar-refractivity contribution in [2.75, 3.05) is 19.8 Å². The van der Waals surface area contributed by atoms with Gasteiger partial charge in [-0.1, -0.05) is 0 Å². The normalized spacial score (nSPS) is 15.5. The molecule has 0 radical (unpaired) electrons. The first-order valence-corrected chi connectivity index (χ1v) is 7.82. The molecular weight excluding hydrogens is 328 g/mol. The number of nitrogens with zero attached hydrogens (tertiary/aromatic N) is 1. The van der Waals surface area contributed by atoms with E-state index in [1.54, 1.807) is 12.1 Å². The van der Waals surface area contributed by atoms with Gasteiger partial charge in [0.05, 0.1) is 25.7 Å². The van der Waals surface area contributed by atoms with Gasteiger partial charge < -0.3 is 24.7 Å². The largest absolute Gasteiger partial charge is 0.548 e. The lowest BCUT2D eigenvalue weighted by atomic mass is 10.1. The van der Waals surface area contributed by atoms with E-state index in [1.165, 1.54) is 6.08 Å². The molecule has 3 amide bonds. The summed E-state index contributed by atoms with van der Waals surface area (Å²) >= 11 is 0. The molecule has 1 aromatic carbocycles. The van der Waals surface area contributed by atoms with E-state index in [1.807, 2.05) is 20.8 Å². The van der Waals surface area contributed by atoms with Crippen LogP contribution in [0.5, 0.6) is 11.5 Å². The van der Waals surface area contributed by atoms with E-state index >= 15 is 0 Å². The number of nitrogens with one attached hydrogen (secondary N) is 1. The van der Waals surface area contributed by atoms with E-state index in [2.05, 4.69) is 5.32 Å². The number of hydrogen-bond donors (Lipinski definition) is 1. The predicted molar refractivity (Wildman–Crippen MR) is 86.7 cm³/mol. The average molecular weight is 347 g/mol. The molecule has 1 aliphatic rings. The molecule has 2 rings (SSSR count). The summed E-state index contributed by atoms with van der Waals surface area (Å²) in [5.74, 6) is -1.13. The Labute approximate surface area is 145 Å². The van der Waals surface area contributed by atoms with Crippen molar-refractivity contribution < 1.29 is 29.0 Å². The molecule has 1 fully saturated rings. The molecule has 1 aromatic rings. The highest BCUT2D eigenvalue weighted by Crippen LogP contribution is 2.32. The fourth-order valence-corrected chi connectivity index (χ4v) is 2.37. The third kappa shape index (κ3) is 4.09. The summed E-state index contributed by atoms with van der Waals surface area (Å²) in [5, 5.41) is 13.0. The van der Waals surface area contributed by atoms with Crippen LogP contribution >= 0.6 is 0 Å². The van der Waals surface area contributed by atoms with E-state index in [9.17, 15) is 19.5 Å². The number of carboxylic acids is 1. The number of ether oxygens (including phenoxy) is 2. The predicted octanol–water partition coefficient (Wildman–Crippen LogP) is 0.435. The van der Waals surface area contributed by atoms with Crippen molar-refractivity contribution in [2.45, 2.75) is 20.8 Å². The molecule has 0 atom stereocenters. The minimum Gasteiger partial charge on any atom is -0.548 e. The van der Waals surface area contributed by atoms with Gasteiger partial charge in [0.25, 0.3) is 5.91 Å². The third-order valence-corrected chi connectivity index (χ3v) is 3.48. The van der Waals surface area contributed by atoms with Gasteiger partial charge in [0, 0.05) is 0 Å². The Kier molecular flexibility index (Phi) is 5.63. The van der Waals surface area contributed by atoms with Crippen LogP contribution in [0.15, 0.2) is 17.8 Å². The number of urea groups is 1. The summed E-state index contributed by atoms with van der Waals surface area (Å²) in [6, 6.07) is 2.69. The van der Waals surface area contributed by atoms with E-state index < -0.39 is 24.5 Å². The molecular formula is C17H19N2O6-. The van der Waals surface area contributed by atoms with Gasteiger partial charge in [-0.3, -0.25) is 9.69 Å². The maximum atomic E-state index is 12.2. The first-order chi connectivity index (χ1) is 11.9. The second kappa shape index (κ2) is 7.69. The minimum atomic E-state index is -1.51. The molecule has 0 aliphatic carbocycles. The monoisotopic (exact) mass is 347 g/mol. The lowest BCUT2D eigenvalue weighted by Crippen LogP contribution is -2.41. The van der Waals surface area contributed by atoms with Gasteiger partial charge in [-0.25, -0.2) is 4.79 Å². The van der Waals surface area contributed by atoms with E-state index in [-0.39, 0.29) is 5.70 Å². The second-order valence-corrected chi connectivity index (χ2v) is 5.27. The zero-order valence-corrected chi connectivity index (χ0v) is 14.3. The van der Waals surface area contributed by atoms with E-state index in [0.29, 0.717) is 35.2 Å². The Hall–Kier alpha value is -3.03. The van der Waals surface area contributed by atoms with Crippen LogP contribution in [-0.4, -0.2) is 42.6 Å². The standard InChI is InChI=1S/C17H20N2O6/c1-4-24-13-6-10(3)11(8-14(13)25-5-2)7-12-16(22)19(9-15(20)21)17(23)18-12/h6-8H,4-5,9H2,1-3H3,(H,18,23)(H,20,21)/p-1/b12-7+. The van der Waals surface area contributed by atoms with Crippen LogP contribution in [0, 0.1) is 6.92 Å². The summed E-state index contributed by atoms with van der Waals surface area (Å²) in [4.78, 5) is 35.1. The number of carboxylic acid groups (broad SMARTS) is 1. The van der Waals surface area contributed by atoms with Gasteiger partial charge in [-0.2, -0.15) is 0 Å². The number of imide groups is 1. The summed E-state index contributed by atoms with van der Waals surface area (Å²) < 4.78 is 11.1. The Morgan fingerprint density at radius 1 is 1.20 bits per heavy atom. The van der Waals surface area contributed by atoms with Crippen molar-refractivity contribution in [3.05, 3.63) is 29.0 Å². The first-order valence-electron chi connectivity index (χ1n) is 7.82. The average Bonchev–Trinajstić information content (AvgIpc) is 2.79. The minimum absolute atomic E-state index is 0.0130. The van der Waals surface area contributed by atoms with Gasteiger partial charge in [0.2, 0.25) is 0 Å². The molecule has 0 aromatic heterocycles. The number of carbonyl (C=O) groups excluding carboxylic acids is 3. The molecule has 0 unspecified atom stereocenters. The fraction of sp³-hybridized carbons (Fsp3) is 0.353. The van der Waals surface area contributed by atoms with E-state index in [4.69, 9.17) is 9.47 Å². The highest BCUT2D eigenvalue weighted by atomic mass is 16.5. The van der Waals surface area contributed by atoms with Crippen LogP contribution < -0.4 is 19.9 Å². The van der Waals surface area contributed by atoms with Crippen LogP contribution in [0.1, 0.15) is 25.0 Å². The number of benzene rings is 1. The van der Waals surface area contributed by atoms with Crippen molar-refractivity contribution in [1.29, 1.82) is 0 Å². The van der Waals surface area contributed by atoms with Gasteiger partial charge in [-0.15, -0.1) is 0 Å². The maximum Gasteiger partial charge on any atom is 0.329 e. The summed E-state index contributed by atoms with van der Waals surface area (Å²) in [5.41, 5.74) is 1.44. The van der Waals surface area contributed by atoms with Crippen LogP contribution in [0.2, 0.25) is 0 Å². The number of rotatable bonds is 7. The third-order valence-electron chi connectivity index (χ3n) is 3.48. The molecule has 1 saturated heterocycles. The highest BCUT2D eigenvalue weighted by Gasteiger charge is 2.33. The Morgan fingerprint density at radius 3 is 2.36 bits per heavy atom. The molecule has 1 N–H and O–H groups in total. The number of amides is 3. The van der Waals surface area contributed by atoms with Crippen molar-refractivity contribution in [3.63, 3.8) is 0 Å². The quantitative estimate of drug-likeness (QED) is 0.566. The highest BCUT2D eigenvalue weighted by molar-refractivity contribution is 6.15. The number of carbonyl (C=O) groups is 3. The van der Waals surface area contributed by atoms with Crippen molar-refractivity contribution in [1.82, 2.24) is 10.2 Å². The molecule has 8 heteroatoms. The van der Waals surface area contributed by atoms with Gasteiger partial charge in [-0.05, 0) is 50.1 Å². The molecule has 0 saturated carbocycles. The van der Waals surface area contributed by atoms with E-state index in [0.717, 1.165) is 5.56 Å². The van der Waals surface area contributed by atoms with Crippen LogP contribution in [0.3, 0.4) is 0 Å². The van der Waals surface area contributed by atoms with Crippen molar-refractivity contribution >= 4 is 24.0 Å². The Morgan fingerprint density at radius 2 is 1.80 bits per heavy atom. The topological polar surface area (TPSA) is 108 Å². The lowest BCUT2D eigenvalue weighted by Gasteiger charge is -2.14. The number of aryl methyl sites for hydroxylation is 1. The second-order valence-electron chi connectivity index (χ2n) is 5.27. The first kappa shape index (κ1) is 18.3. The maximum absolute atomic E-state index is 12.2. The summed E-state index contributed by atoms with van der Waals surface area (Å²) in [6.45, 7) is 5.64. The Balaban J connectivity index is 2.37. The van der Waals surface area contributed by atoms with Gasteiger partial charge >= 0.3 is 6.03 Å². The zero-order valence-electron chi connectivity index (χ0n) is 14.3. The van der Waals surface area contributed by atoms with Crippen molar-refractivity contribution in [3.8, 4) is 11.5 Å². The zero-order chi connectivity index (χ0) is 18.6. The van der Waals surface area contributed by atoms with Gasteiger partial charge in [0.1, 0.15) is 5.70 Å². The summed E-state index contributed by atoms with van der Waals surface area (Å²) in [7, 11) is 0. The molecule has 1 heterocycles. The molecule has 0 bridgehead atoms. The molecule has 1 aliphatic heterocycles. The van der Waals surface area contributed by atoms with Crippen molar-refractivity contribution in [2.24, 2.45) is 0 Å².